The smallest absolute Gasteiger partial charge is 0.257 e. The lowest BCUT2D eigenvalue weighted by atomic mass is 9.93. The van der Waals surface area contributed by atoms with Crippen LogP contribution in [-0.4, -0.2) is 64.6 Å². The van der Waals surface area contributed by atoms with Crippen molar-refractivity contribution in [3.05, 3.63) is 59.0 Å². The van der Waals surface area contributed by atoms with Gasteiger partial charge in [0.05, 0.1) is 18.5 Å². The summed E-state index contributed by atoms with van der Waals surface area (Å²) in [5.74, 6) is 0.671. The first kappa shape index (κ1) is 21.1. The van der Waals surface area contributed by atoms with Crippen LogP contribution in [0.5, 0.6) is 0 Å². The van der Waals surface area contributed by atoms with E-state index in [1.165, 1.54) is 5.01 Å². The molecule has 7 nitrogen and oxygen atoms in total. The largest absolute Gasteiger partial charge is 0.467 e. The van der Waals surface area contributed by atoms with Crippen molar-refractivity contribution in [2.75, 3.05) is 32.8 Å². The Labute approximate surface area is 180 Å². The Bertz CT molecular complexity index is 880. The molecular weight excluding hydrogens is 406 g/mol. The molecule has 8 heteroatoms. The van der Waals surface area contributed by atoms with E-state index in [1.807, 2.05) is 36.4 Å². The van der Waals surface area contributed by atoms with Gasteiger partial charge in [-0.05, 0) is 48.7 Å². The number of hydrogen-bond donors (Lipinski definition) is 2. The van der Waals surface area contributed by atoms with Gasteiger partial charge in [0.15, 0.2) is 0 Å². The summed E-state index contributed by atoms with van der Waals surface area (Å²) in [4.78, 5) is 15.2. The molecule has 0 aliphatic carbocycles. The number of halogens is 1. The number of nitrogens with zero attached hydrogens (tertiary/aromatic N) is 3. The van der Waals surface area contributed by atoms with Crippen molar-refractivity contribution in [2.45, 2.75) is 18.9 Å². The summed E-state index contributed by atoms with van der Waals surface area (Å²) in [7, 11) is 0. The minimum absolute atomic E-state index is 0.0373. The molecule has 0 bridgehead atoms. The van der Waals surface area contributed by atoms with E-state index in [0.717, 1.165) is 24.2 Å². The number of hydrazone groups is 1. The molecule has 2 atom stereocenters. The Morgan fingerprint density at radius 2 is 2.00 bits per heavy atom. The zero-order chi connectivity index (χ0) is 21.1. The van der Waals surface area contributed by atoms with Crippen LogP contribution in [0.25, 0.3) is 0 Å². The van der Waals surface area contributed by atoms with E-state index in [0.29, 0.717) is 23.7 Å². The van der Waals surface area contributed by atoms with Gasteiger partial charge >= 0.3 is 0 Å². The van der Waals surface area contributed by atoms with E-state index >= 15 is 0 Å². The fourth-order valence-corrected chi connectivity index (χ4v) is 4.40. The second-order valence-electron chi connectivity index (χ2n) is 7.94. The highest BCUT2D eigenvalue weighted by molar-refractivity contribution is 6.30. The summed E-state index contributed by atoms with van der Waals surface area (Å²) < 4.78 is 5.59. The molecule has 0 unspecified atom stereocenters. The number of aliphatic hydroxyl groups is 2. The molecule has 1 fully saturated rings. The molecule has 160 valence electrons. The number of rotatable bonds is 7. The minimum atomic E-state index is -0.279. The fraction of sp³-hybridized carbons (Fsp3) is 0.455. The summed E-state index contributed by atoms with van der Waals surface area (Å²) >= 11 is 6.00. The Morgan fingerprint density at radius 3 is 2.67 bits per heavy atom. The highest BCUT2D eigenvalue weighted by Gasteiger charge is 2.37. The van der Waals surface area contributed by atoms with Crippen molar-refractivity contribution in [1.82, 2.24) is 9.91 Å². The lowest BCUT2D eigenvalue weighted by Crippen LogP contribution is -2.37. The first-order chi connectivity index (χ1) is 14.6. The predicted octanol–water partition coefficient (Wildman–Crippen LogP) is 2.53. The zero-order valence-corrected chi connectivity index (χ0v) is 17.4. The van der Waals surface area contributed by atoms with Crippen molar-refractivity contribution in [2.24, 2.45) is 16.9 Å². The van der Waals surface area contributed by atoms with Gasteiger partial charge in [-0.3, -0.25) is 9.69 Å². The van der Waals surface area contributed by atoms with Gasteiger partial charge in [-0.25, -0.2) is 5.01 Å². The van der Waals surface area contributed by atoms with Crippen molar-refractivity contribution in [3.8, 4) is 0 Å². The molecular formula is C22H26ClN3O4. The van der Waals surface area contributed by atoms with Crippen molar-refractivity contribution in [3.63, 3.8) is 0 Å². The summed E-state index contributed by atoms with van der Waals surface area (Å²) in [5, 5.41) is 25.7. The molecule has 2 N–H and O–H groups in total. The van der Waals surface area contributed by atoms with E-state index in [4.69, 9.17) is 16.0 Å². The van der Waals surface area contributed by atoms with E-state index in [-0.39, 0.29) is 43.5 Å². The molecule has 0 spiro atoms. The lowest BCUT2D eigenvalue weighted by Gasteiger charge is -2.24. The molecule has 2 aliphatic heterocycles. The number of hydrogen-bond acceptors (Lipinski definition) is 6. The first-order valence-electron chi connectivity index (χ1n) is 10.2. The Hall–Kier alpha value is -2.19. The topological polar surface area (TPSA) is 89.5 Å². The molecule has 1 saturated heterocycles. The van der Waals surface area contributed by atoms with Gasteiger partial charge in [-0.2, -0.15) is 5.10 Å². The number of furan rings is 1. The van der Waals surface area contributed by atoms with Gasteiger partial charge in [0, 0.05) is 37.1 Å². The van der Waals surface area contributed by atoms with Crippen molar-refractivity contribution in [1.29, 1.82) is 0 Å². The molecule has 1 amide bonds. The summed E-state index contributed by atoms with van der Waals surface area (Å²) in [6, 6.07) is 10.8. The maximum absolute atomic E-state index is 13.2. The first-order valence-corrected chi connectivity index (χ1v) is 10.6. The van der Waals surface area contributed by atoms with Gasteiger partial charge in [0.2, 0.25) is 0 Å². The van der Waals surface area contributed by atoms with Gasteiger partial charge in [-0.1, -0.05) is 23.7 Å². The third-order valence-corrected chi connectivity index (χ3v) is 6.27. The van der Waals surface area contributed by atoms with Crippen LogP contribution in [0.2, 0.25) is 5.02 Å². The molecule has 2 aromatic rings. The third kappa shape index (κ3) is 4.44. The van der Waals surface area contributed by atoms with Crippen LogP contribution < -0.4 is 0 Å². The predicted molar refractivity (Wildman–Crippen MR) is 113 cm³/mol. The normalized spacial score (nSPS) is 22.1. The monoisotopic (exact) mass is 431 g/mol. The molecule has 1 aromatic heterocycles. The fourth-order valence-electron chi connectivity index (χ4n) is 4.27. The second kappa shape index (κ2) is 9.31. The zero-order valence-electron chi connectivity index (χ0n) is 16.7. The van der Waals surface area contributed by atoms with Crippen LogP contribution in [0.4, 0.5) is 0 Å². The van der Waals surface area contributed by atoms with Gasteiger partial charge < -0.3 is 14.6 Å². The van der Waals surface area contributed by atoms with Crippen LogP contribution in [0.15, 0.2) is 52.2 Å². The molecule has 0 radical (unpaired) electrons. The second-order valence-corrected chi connectivity index (χ2v) is 8.37. The summed E-state index contributed by atoms with van der Waals surface area (Å²) in [6.45, 7) is 1.62. The average molecular weight is 432 g/mol. The number of carbonyl (C=O) groups is 1. The average Bonchev–Trinajstić information content (AvgIpc) is 3.50. The minimum Gasteiger partial charge on any atom is -0.467 e. The Kier molecular flexibility index (Phi) is 6.53. The number of amides is 1. The van der Waals surface area contributed by atoms with Crippen molar-refractivity contribution < 1.29 is 19.4 Å². The van der Waals surface area contributed by atoms with Gasteiger partial charge in [0.25, 0.3) is 5.91 Å². The highest BCUT2D eigenvalue weighted by atomic mass is 35.5. The van der Waals surface area contributed by atoms with Gasteiger partial charge in [0.1, 0.15) is 11.8 Å². The standard InChI is InChI=1S/C22H26ClN3O4/c23-18-5-3-15(4-6-18)19-10-20(21-2-1-9-30-21)26(24-19)22(29)12-25-8-7-16(11-25)17(13-27)14-28/h1-6,9,16-17,20,27-28H,7-8,10-14H2/t16-,20+/m1/s1. The maximum atomic E-state index is 13.2. The molecule has 1 aromatic carbocycles. The van der Waals surface area contributed by atoms with Crippen LogP contribution in [0, 0.1) is 11.8 Å². The van der Waals surface area contributed by atoms with E-state index in [2.05, 4.69) is 10.0 Å². The molecule has 3 heterocycles. The number of carbonyl (C=O) groups excluding carboxylic acids is 1. The SMILES string of the molecule is O=C(CN1CC[C@@H](C(CO)CO)C1)N1N=C(c2ccc(Cl)cc2)C[C@H]1c1ccco1. The summed E-state index contributed by atoms with van der Waals surface area (Å²) in [5.41, 5.74) is 1.75. The molecule has 4 rings (SSSR count). The molecule has 0 saturated carbocycles. The van der Waals surface area contributed by atoms with E-state index in [9.17, 15) is 15.0 Å². The number of likely N-dealkylation sites (tertiary alicyclic amines) is 1. The maximum Gasteiger partial charge on any atom is 0.257 e. The Balaban J connectivity index is 1.49. The number of benzene rings is 1. The van der Waals surface area contributed by atoms with E-state index in [1.54, 1.807) is 6.26 Å². The van der Waals surface area contributed by atoms with Gasteiger partial charge in [-0.15, -0.1) is 0 Å². The van der Waals surface area contributed by atoms with Crippen LogP contribution in [-0.2, 0) is 4.79 Å². The van der Waals surface area contributed by atoms with Crippen molar-refractivity contribution >= 4 is 23.2 Å². The summed E-state index contributed by atoms with van der Waals surface area (Å²) in [6.07, 6.45) is 3.04. The molecule has 2 aliphatic rings. The van der Waals surface area contributed by atoms with E-state index < -0.39 is 0 Å². The Morgan fingerprint density at radius 1 is 1.23 bits per heavy atom. The quantitative estimate of drug-likeness (QED) is 0.703. The third-order valence-electron chi connectivity index (χ3n) is 6.02. The highest BCUT2D eigenvalue weighted by Crippen LogP contribution is 2.34. The van der Waals surface area contributed by atoms with Crippen LogP contribution in [0.1, 0.15) is 30.2 Å². The van der Waals surface area contributed by atoms with Crippen LogP contribution in [0.3, 0.4) is 0 Å². The van der Waals surface area contributed by atoms with Crippen LogP contribution >= 0.6 is 11.6 Å². The number of aliphatic hydroxyl groups excluding tert-OH is 2. The lowest BCUT2D eigenvalue weighted by molar-refractivity contribution is -0.134. The molecule has 30 heavy (non-hydrogen) atoms.